The fourth-order valence-electron chi connectivity index (χ4n) is 4.18. The molecule has 1 heterocycles. The first-order chi connectivity index (χ1) is 15.1. The molecule has 0 radical (unpaired) electrons. The molecule has 0 fully saturated rings. The van der Waals surface area contributed by atoms with Gasteiger partial charge < -0.3 is 9.47 Å². The number of amides is 1. The van der Waals surface area contributed by atoms with Crippen molar-refractivity contribution in [3.63, 3.8) is 0 Å². The van der Waals surface area contributed by atoms with Crippen LogP contribution >= 0.6 is 0 Å². The summed E-state index contributed by atoms with van der Waals surface area (Å²) in [6.45, 7) is 13.8. The number of rotatable bonds is 12. The molecule has 2 rings (SSSR count). The lowest BCUT2D eigenvalue weighted by Crippen LogP contribution is -2.36. The van der Waals surface area contributed by atoms with E-state index in [1.807, 2.05) is 31.9 Å². The van der Waals surface area contributed by atoms with Crippen LogP contribution in [0.2, 0.25) is 0 Å². The molecule has 0 aliphatic heterocycles. The maximum absolute atomic E-state index is 12.9. The second kappa shape index (κ2) is 11.3. The number of sulfonamides is 1. The lowest BCUT2D eigenvalue weighted by Gasteiger charge is -2.26. The average molecular weight is 465 g/mol. The molecule has 0 N–H and O–H groups in total. The van der Waals surface area contributed by atoms with E-state index in [0.29, 0.717) is 37.4 Å². The standard InChI is InChI=1S/C24H40N4O3S/c1-8-15-28-22-12-11-20(32(30,31)27(9-2)10-3)17-21(22)25-23(28)13-14-24(29)26(7)19(6)16-18(4)5/h11-12,17-19H,8-10,13-16H2,1-7H3. The van der Waals surface area contributed by atoms with E-state index in [2.05, 4.69) is 32.3 Å². The summed E-state index contributed by atoms with van der Waals surface area (Å²) < 4.78 is 29.4. The molecule has 2 aromatic rings. The minimum atomic E-state index is -3.54. The van der Waals surface area contributed by atoms with Crippen LogP contribution in [-0.2, 0) is 27.8 Å². The molecule has 0 bridgehead atoms. The summed E-state index contributed by atoms with van der Waals surface area (Å²) >= 11 is 0. The quantitative estimate of drug-likeness (QED) is 0.469. The van der Waals surface area contributed by atoms with Crippen molar-refractivity contribution in [2.24, 2.45) is 5.92 Å². The van der Waals surface area contributed by atoms with Crippen LogP contribution in [-0.4, -0.2) is 59.3 Å². The Hall–Kier alpha value is -1.93. The van der Waals surface area contributed by atoms with Crippen molar-refractivity contribution in [3.8, 4) is 0 Å². The van der Waals surface area contributed by atoms with Gasteiger partial charge in [-0.05, 0) is 43.9 Å². The van der Waals surface area contributed by atoms with Gasteiger partial charge in [0.1, 0.15) is 5.82 Å². The predicted molar refractivity (Wildman–Crippen MR) is 130 cm³/mol. The zero-order valence-corrected chi connectivity index (χ0v) is 21.6. The van der Waals surface area contributed by atoms with Crippen LogP contribution in [0.25, 0.3) is 11.0 Å². The number of aromatic nitrogens is 2. The van der Waals surface area contributed by atoms with Gasteiger partial charge in [0.25, 0.3) is 0 Å². The third kappa shape index (κ3) is 5.90. The number of hydrogen-bond donors (Lipinski definition) is 0. The lowest BCUT2D eigenvalue weighted by atomic mass is 10.0. The number of carbonyl (C=O) groups excluding carboxylic acids is 1. The van der Waals surface area contributed by atoms with Crippen molar-refractivity contribution >= 4 is 27.0 Å². The van der Waals surface area contributed by atoms with E-state index in [1.54, 1.807) is 12.1 Å². The van der Waals surface area contributed by atoms with Crippen molar-refractivity contribution in [2.75, 3.05) is 20.1 Å². The Labute approximate surface area is 193 Å². The van der Waals surface area contributed by atoms with Crippen LogP contribution in [0.5, 0.6) is 0 Å². The number of fused-ring (bicyclic) bond motifs is 1. The number of imidazole rings is 1. The summed E-state index contributed by atoms with van der Waals surface area (Å²) in [6.07, 6.45) is 2.82. The van der Waals surface area contributed by atoms with E-state index in [1.165, 1.54) is 4.31 Å². The van der Waals surface area contributed by atoms with Gasteiger partial charge in [-0.15, -0.1) is 0 Å². The second-order valence-electron chi connectivity index (χ2n) is 8.90. The molecule has 1 atom stereocenters. The van der Waals surface area contributed by atoms with Crippen LogP contribution in [0.3, 0.4) is 0 Å². The Morgan fingerprint density at radius 1 is 1.12 bits per heavy atom. The molecule has 180 valence electrons. The first-order valence-electron chi connectivity index (χ1n) is 11.8. The van der Waals surface area contributed by atoms with Crippen molar-refractivity contribution in [2.45, 2.75) is 84.7 Å². The van der Waals surface area contributed by atoms with E-state index >= 15 is 0 Å². The third-order valence-electron chi connectivity index (χ3n) is 6.02. The topological polar surface area (TPSA) is 75.5 Å². The van der Waals surface area contributed by atoms with E-state index in [4.69, 9.17) is 4.98 Å². The molecule has 0 aliphatic rings. The van der Waals surface area contributed by atoms with E-state index in [-0.39, 0.29) is 16.8 Å². The molecule has 32 heavy (non-hydrogen) atoms. The highest BCUT2D eigenvalue weighted by Gasteiger charge is 2.23. The van der Waals surface area contributed by atoms with Gasteiger partial charge in [0, 0.05) is 45.6 Å². The van der Waals surface area contributed by atoms with Gasteiger partial charge in [0.05, 0.1) is 15.9 Å². The fourth-order valence-corrected chi connectivity index (χ4v) is 5.66. The van der Waals surface area contributed by atoms with Crippen LogP contribution in [0, 0.1) is 5.92 Å². The van der Waals surface area contributed by atoms with Crippen LogP contribution in [0.4, 0.5) is 0 Å². The highest BCUT2D eigenvalue weighted by molar-refractivity contribution is 7.89. The SMILES string of the molecule is CCCn1c(CCC(=O)N(C)C(C)CC(C)C)nc2cc(S(=O)(=O)N(CC)CC)ccc21. The minimum Gasteiger partial charge on any atom is -0.343 e. The number of hydrogen-bond acceptors (Lipinski definition) is 4. The number of benzene rings is 1. The molecular weight excluding hydrogens is 424 g/mol. The van der Waals surface area contributed by atoms with Crippen LogP contribution in [0.1, 0.15) is 66.6 Å². The van der Waals surface area contributed by atoms with E-state index in [9.17, 15) is 13.2 Å². The highest BCUT2D eigenvalue weighted by atomic mass is 32.2. The zero-order valence-electron chi connectivity index (χ0n) is 20.8. The van der Waals surface area contributed by atoms with Gasteiger partial charge in [0.15, 0.2) is 0 Å². The number of nitrogens with zero attached hydrogens (tertiary/aromatic N) is 4. The molecule has 1 aromatic heterocycles. The van der Waals surface area contributed by atoms with Gasteiger partial charge in [0.2, 0.25) is 15.9 Å². The molecular formula is C24H40N4O3S. The lowest BCUT2D eigenvalue weighted by molar-refractivity contribution is -0.131. The maximum atomic E-state index is 12.9. The van der Waals surface area contributed by atoms with Crippen LogP contribution in [0.15, 0.2) is 23.1 Å². The molecule has 0 aliphatic carbocycles. The monoisotopic (exact) mass is 464 g/mol. The first-order valence-corrected chi connectivity index (χ1v) is 13.3. The van der Waals surface area contributed by atoms with Gasteiger partial charge in [-0.25, -0.2) is 13.4 Å². The number of aryl methyl sites for hydroxylation is 2. The van der Waals surface area contributed by atoms with Crippen molar-refractivity contribution in [1.29, 1.82) is 0 Å². The fraction of sp³-hybridized carbons (Fsp3) is 0.667. The minimum absolute atomic E-state index is 0.109. The normalized spacial score (nSPS) is 13.3. The van der Waals surface area contributed by atoms with Crippen molar-refractivity contribution in [3.05, 3.63) is 24.0 Å². The van der Waals surface area contributed by atoms with Gasteiger partial charge in [-0.1, -0.05) is 34.6 Å². The van der Waals surface area contributed by atoms with Gasteiger partial charge in [-0.2, -0.15) is 4.31 Å². The Bertz CT molecular complexity index is 1010. The first kappa shape index (κ1) is 26.3. The van der Waals surface area contributed by atoms with E-state index < -0.39 is 10.0 Å². The predicted octanol–water partition coefficient (Wildman–Crippen LogP) is 4.30. The summed E-state index contributed by atoms with van der Waals surface area (Å²) in [5, 5.41) is 0. The molecule has 1 unspecified atom stereocenters. The second-order valence-corrected chi connectivity index (χ2v) is 10.8. The Balaban J connectivity index is 2.30. The third-order valence-corrected chi connectivity index (χ3v) is 8.06. The summed E-state index contributed by atoms with van der Waals surface area (Å²) in [5.41, 5.74) is 1.57. The molecule has 1 aromatic carbocycles. The molecule has 1 amide bonds. The highest BCUT2D eigenvalue weighted by Crippen LogP contribution is 2.24. The van der Waals surface area contributed by atoms with Crippen molar-refractivity contribution < 1.29 is 13.2 Å². The molecule has 0 spiro atoms. The molecule has 8 heteroatoms. The number of carbonyl (C=O) groups is 1. The van der Waals surface area contributed by atoms with Gasteiger partial charge >= 0.3 is 0 Å². The average Bonchev–Trinajstić information content (AvgIpc) is 3.08. The van der Waals surface area contributed by atoms with E-state index in [0.717, 1.165) is 30.7 Å². The van der Waals surface area contributed by atoms with Crippen LogP contribution < -0.4 is 0 Å². The zero-order chi connectivity index (χ0) is 24.1. The largest absolute Gasteiger partial charge is 0.343 e. The van der Waals surface area contributed by atoms with Gasteiger partial charge in [-0.3, -0.25) is 4.79 Å². The smallest absolute Gasteiger partial charge is 0.243 e. The van der Waals surface area contributed by atoms with Crippen molar-refractivity contribution in [1.82, 2.24) is 18.8 Å². The summed E-state index contributed by atoms with van der Waals surface area (Å²) in [6, 6.07) is 5.37. The Morgan fingerprint density at radius 2 is 1.78 bits per heavy atom. The Kier molecular flexibility index (Phi) is 9.28. The molecule has 0 saturated carbocycles. The summed E-state index contributed by atoms with van der Waals surface area (Å²) in [5.74, 6) is 1.48. The maximum Gasteiger partial charge on any atom is 0.243 e. The Morgan fingerprint density at radius 3 is 2.34 bits per heavy atom. The molecule has 7 nitrogen and oxygen atoms in total. The molecule has 0 saturated heterocycles. The summed E-state index contributed by atoms with van der Waals surface area (Å²) in [4.78, 5) is 19.6. The summed E-state index contributed by atoms with van der Waals surface area (Å²) in [7, 11) is -1.67.